The van der Waals surface area contributed by atoms with E-state index in [-0.39, 0.29) is 5.91 Å². The third kappa shape index (κ3) is 2.25. The van der Waals surface area contributed by atoms with E-state index >= 15 is 0 Å². The Bertz CT molecular complexity index is 205. The van der Waals surface area contributed by atoms with E-state index in [2.05, 4.69) is 10.2 Å². The molecule has 0 bridgehead atoms. The molecule has 14 heavy (non-hydrogen) atoms. The quantitative estimate of drug-likeness (QED) is 0.644. The molecule has 0 unspecified atom stereocenters. The lowest BCUT2D eigenvalue weighted by Gasteiger charge is -2.24. The van der Waals surface area contributed by atoms with Gasteiger partial charge in [-0.25, -0.2) is 0 Å². The van der Waals surface area contributed by atoms with E-state index in [4.69, 9.17) is 5.73 Å². The van der Waals surface area contributed by atoms with E-state index in [9.17, 15) is 4.79 Å². The van der Waals surface area contributed by atoms with E-state index in [0.29, 0.717) is 12.5 Å². The number of likely N-dealkylation sites (tertiary alicyclic amines) is 1. The van der Waals surface area contributed by atoms with Crippen molar-refractivity contribution in [3.05, 3.63) is 0 Å². The molecular formula is C10H19N3O. The number of amides is 1. The first kappa shape index (κ1) is 9.93. The predicted molar refractivity (Wildman–Crippen MR) is 54.8 cm³/mol. The van der Waals surface area contributed by atoms with Crippen LogP contribution in [0.3, 0.4) is 0 Å². The maximum Gasteiger partial charge on any atom is 0.218 e. The van der Waals surface area contributed by atoms with Crippen LogP contribution < -0.4 is 11.1 Å². The Kier molecular flexibility index (Phi) is 3.03. The molecule has 2 atom stereocenters. The minimum Gasteiger partial charge on any atom is -0.370 e. The van der Waals surface area contributed by atoms with Crippen molar-refractivity contribution in [1.29, 1.82) is 0 Å². The van der Waals surface area contributed by atoms with Crippen LogP contribution in [0.4, 0.5) is 0 Å². The second kappa shape index (κ2) is 4.28. The molecule has 0 spiro atoms. The van der Waals surface area contributed by atoms with Gasteiger partial charge in [-0.2, -0.15) is 0 Å². The zero-order valence-electron chi connectivity index (χ0n) is 8.54. The summed E-state index contributed by atoms with van der Waals surface area (Å²) in [5, 5.41) is 3.54. The van der Waals surface area contributed by atoms with Crippen LogP contribution in [0.15, 0.2) is 0 Å². The zero-order valence-corrected chi connectivity index (χ0v) is 8.54. The maximum atomic E-state index is 10.7. The molecule has 2 heterocycles. The smallest absolute Gasteiger partial charge is 0.218 e. The van der Waals surface area contributed by atoms with E-state index in [0.717, 1.165) is 32.1 Å². The lowest BCUT2D eigenvalue weighted by Crippen LogP contribution is -2.40. The fourth-order valence-corrected chi connectivity index (χ4v) is 2.59. The molecule has 2 saturated heterocycles. The van der Waals surface area contributed by atoms with Gasteiger partial charge in [0.15, 0.2) is 0 Å². The molecule has 2 aliphatic rings. The summed E-state index contributed by atoms with van der Waals surface area (Å²) < 4.78 is 0. The summed E-state index contributed by atoms with van der Waals surface area (Å²) in [4.78, 5) is 13.0. The van der Waals surface area contributed by atoms with Crippen molar-refractivity contribution in [2.24, 2.45) is 11.7 Å². The van der Waals surface area contributed by atoms with Crippen molar-refractivity contribution < 1.29 is 4.79 Å². The first-order valence-corrected chi connectivity index (χ1v) is 5.50. The van der Waals surface area contributed by atoms with Crippen molar-refractivity contribution in [2.75, 3.05) is 26.2 Å². The van der Waals surface area contributed by atoms with E-state index in [1.165, 1.54) is 12.8 Å². The van der Waals surface area contributed by atoms with Crippen LogP contribution in [0, 0.1) is 5.92 Å². The monoisotopic (exact) mass is 197 g/mol. The molecule has 2 aliphatic heterocycles. The maximum absolute atomic E-state index is 10.7. The Morgan fingerprint density at radius 1 is 1.50 bits per heavy atom. The molecule has 1 amide bonds. The largest absolute Gasteiger partial charge is 0.370 e. The van der Waals surface area contributed by atoms with E-state index in [1.54, 1.807) is 0 Å². The average Bonchev–Trinajstić information content (AvgIpc) is 2.57. The lowest BCUT2D eigenvalue weighted by molar-refractivity contribution is -0.118. The molecule has 0 aromatic rings. The predicted octanol–water partition coefficient (Wildman–Crippen LogP) is -0.454. The molecule has 2 fully saturated rings. The molecule has 0 aromatic heterocycles. The number of rotatable bonds is 3. The normalized spacial score (nSPS) is 32.9. The number of carbonyl (C=O) groups excluding carboxylic acids is 1. The highest BCUT2D eigenvalue weighted by atomic mass is 16.1. The number of hydrogen-bond acceptors (Lipinski definition) is 3. The summed E-state index contributed by atoms with van der Waals surface area (Å²) in [6.45, 7) is 4.23. The number of primary amides is 1. The summed E-state index contributed by atoms with van der Waals surface area (Å²) in [5.74, 6) is 0.615. The molecule has 0 aliphatic carbocycles. The summed E-state index contributed by atoms with van der Waals surface area (Å²) in [6, 6.07) is 0.664. The summed E-state index contributed by atoms with van der Waals surface area (Å²) in [6.07, 6.45) is 3.13. The van der Waals surface area contributed by atoms with Gasteiger partial charge in [0.2, 0.25) is 5.91 Å². The van der Waals surface area contributed by atoms with Crippen molar-refractivity contribution >= 4 is 5.91 Å². The van der Waals surface area contributed by atoms with Gasteiger partial charge >= 0.3 is 0 Å². The number of nitrogens with two attached hydrogens (primary N) is 1. The van der Waals surface area contributed by atoms with Gasteiger partial charge in [-0.3, -0.25) is 4.79 Å². The van der Waals surface area contributed by atoms with E-state index < -0.39 is 0 Å². The minimum atomic E-state index is -0.187. The van der Waals surface area contributed by atoms with Gasteiger partial charge in [0.25, 0.3) is 0 Å². The third-order valence-electron chi connectivity index (χ3n) is 3.35. The third-order valence-corrected chi connectivity index (χ3v) is 3.35. The van der Waals surface area contributed by atoms with Crippen LogP contribution in [0.1, 0.15) is 19.3 Å². The first-order valence-electron chi connectivity index (χ1n) is 5.50. The number of piperidine rings is 1. The second-order valence-corrected chi connectivity index (χ2v) is 4.44. The SMILES string of the molecule is NC(=O)CCN1C[C@@H]2CCCN[C@@H]2C1. The molecule has 0 aromatic carbocycles. The minimum absolute atomic E-state index is 0.187. The number of nitrogens with one attached hydrogen (secondary N) is 1. The van der Waals surface area contributed by atoms with Gasteiger partial charge in [0.1, 0.15) is 0 Å². The van der Waals surface area contributed by atoms with Crippen molar-refractivity contribution in [2.45, 2.75) is 25.3 Å². The topological polar surface area (TPSA) is 58.4 Å². The van der Waals surface area contributed by atoms with Gasteiger partial charge < -0.3 is 16.0 Å². The van der Waals surface area contributed by atoms with Gasteiger partial charge in [-0.05, 0) is 25.3 Å². The van der Waals surface area contributed by atoms with Crippen molar-refractivity contribution in [3.8, 4) is 0 Å². The average molecular weight is 197 g/mol. The number of carbonyl (C=O) groups is 1. The fraction of sp³-hybridized carbons (Fsp3) is 0.900. The summed E-state index contributed by atoms with van der Waals surface area (Å²) in [5.41, 5.74) is 5.14. The van der Waals surface area contributed by atoms with Gasteiger partial charge in [0, 0.05) is 32.1 Å². The Labute approximate surface area is 84.8 Å². The number of fused-ring (bicyclic) bond motifs is 1. The van der Waals surface area contributed by atoms with Gasteiger partial charge in [-0.1, -0.05) is 0 Å². The summed E-state index contributed by atoms with van der Waals surface area (Å²) in [7, 11) is 0. The van der Waals surface area contributed by atoms with Gasteiger partial charge in [0.05, 0.1) is 0 Å². The molecule has 0 radical (unpaired) electrons. The van der Waals surface area contributed by atoms with Gasteiger partial charge in [-0.15, -0.1) is 0 Å². The molecule has 80 valence electrons. The van der Waals surface area contributed by atoms with Crippen molar-refractivity contribution in [3.63, 3.8) is 0 Å². The zero-order chi connectivity index (χ0) is 9.97. The molecule has 0 saturated carbocycles. The highest BCUT2D eigenvalue weighted by Gasteiger charge is 2.33. The Morgan fingerprint density at radius 3 is 3.07 bits per heavy atom. The number of nitrogens with zero attached hydrogens (tertiary/aromatic N) is 1. The van der Waals surface area contributed by atoms with Crippen LogP contribution in [-0.4, -0.2) is 43.0 Å². The van der Waals surface area contributed by atoms with Crippen LogP contribution in [-0.2, 0) is 4.79 Å². The molecule has 4 nitrogen and oxygen atoms in total. The Morgan fingerprint density at radius 2 is 2.36 bits per heavy atom. The van der Waals surface area contributed by atoms with E-state index in [1.807, 2.05) is 0 Å². The molecule has 4 heteroatoms. The standard InChI is InChI=1S/C10H19N3O/c11-10(14)3-5-13-6-8-2-1-4-12-9(8)7-13/h8-9,12H,1-7H2,(H2,11,14)/t8-,9+/m0/s1. The van der Waals surface area contributed by atoms with Crippen LogP contribution in [0.5, 0.6) is 0 Å². The molecule has 2 rings (SSSR count). The Hall–Kier alpha value is -0.610. The van der Waals surface area contributed by atoms with Crippen LogP contribution >= 0.6 is 0 Å². The van der Waals surface area contributed by atoms with Crippen LogP contribution in [0.25, 0.3) is 0 Å². The lowest BCUT2D eigenvalue weighted by atomic mass is 9.94. The first-order chi connectivity index (χ1) is 6.75. The molecule has 3 N–H and O–H groups in total. The van der Waals surface area contributed by atoms with Crippen LogP contribution in [0.2, 0.25) is 0 Å². The van der Waals surface area contributed by atoms with Crippen molar-refractivity contribution in [1.82, 2.24) is 10.2 Å². The highest BCUT2D eigenvalue weighted by Crippen LogP contribution is 2.24. The molecular weight excluding hydrogens is 178 g/mol. The Balaban J connectivity index is 1.78. The highest BCUT2D eigenvalue weighted by molar-refractivity contribution is 5.73. The fourth-order valence-electron chi connectivity index (χ4n) is 2.59. The summed E-state index contributed by atoms with van der Waals surface area (Å²) >= 11 is 0. The number of hydrogen-bond donors (Lipinski definition) is 2. The second-order valence-electron chi connectivity index (χ2n) is 4.44.